The van der Waals surface area contributed by atoms with Crippen LogP contribution in [0.5, 0.6) is 0 Å². The Balaban J connectivity index is 0. The SMILES string of the molecule is CC(C)CC1CC(=O)OC(=O)C1.CC(C)C[C@@H](CC(=O)O)CC(=O)N[C@H](C)c1ccccc1.CC(C)C[C@H](CC(N)=O)CC(=O)O.CC(C)C[C@H](CN)CC(=O)O.C[C@@H](N)c1ccccc1. The minimum Gasteiger partial charge on any atom is -0.481 e. The van der Waals surface area contributed by atoms with E-state index in [0.717, 1.165) is 31.2 Å². The maximum absolute atomic E-state index is 12.1. The van der Waals surface area contributed by atoms with E-state index < -0.39 is 23.8 Å². The molecule has 0 unspecified atom stereocenters. The average molecular weight is 929 g/mol. The second kappa shape index (κ2) is 36.0. The molecule has 1 aliphatic rings. The fourth-order valence-electron chi connectivity index (χ4n) is 7.50. The van der Waals surface area contributed by atoms with Gasteiger partial charge < -0.3 is 42.6 Å². The molecule has 66 heavy (non-hydrogen) atoms. The third-order valence-corrected chi connectivity index (χ3v) is 10.0. The predicted octanol–water partition coefficient (Wildman–Crippen LogP) is 8.69. The Labute approximate surface area is 394 Å². The van der Waals surface area contributed by atoms with Crippen molar-refractivity contribution in [2.24, 2.45) is 64.5 Å². The average Bonchev–Trinajstić information content (AvgIpc) is 3.17. The van der Waals surface area contributed by atoms with Crippen LogP contribution in [0.3, 0.4) is 0 Å². The van der Waals surface area contributed by atoms with E-state index in [-0.39, 0.29) is 85.7 Å². The topological polar surface area (TPSA) is 280 Å². The lowest BCUT2D eigenvalue weighted by Crippen LogP contribution is -2.29. The van der Waals surface area contributed by atoms with Crippen molar-refractivity contribution in [1.29, 1.82) is 0 Å². The first-order valence-electron chi connectivity index (χ1n) is 23.3. The van der Waals surface area contributed by atoms with Crippen molar-refractivity contribution < 1.29 is 53.6 Å². The Hall–Kier alpha value is -5.15. The highest BCUT2D eigenvalue weighted by Crippen LogP contribution is 2.24. The number of hydrogen-bond donors (Lipinski definition) is 7. The number of benzene rings is 2. The second-order valence-corrected chi connectivity index (χ2v) is 19.0. The lowest BCUT2D eigenvalue weighted by Gasteiger charge is -2.20. The minimum absolute atomic E-state index is 0.0289. The van der Waals surface area contributed by atoms with Gasteiger partial charge in [0.05, 0.1) is 6.04 Å². The number of carboxylic acid groups (broad SMARTS) is 3. The highest BCUT2D eigenvalue weighted by atomic mass is 16.6. The van der Waals surface area contributed by atoms with Crippen molar-refractivity contribution in [3.63, 3.8) is 0 Å². The summed E-state index contributed by atoms with van der Waals surface area (Å²) in [4.78, 5) is 75.9. The molecule has 1 saturated heterocycles. The van der Waals surface area contributed by atoms with E-state index in [4.69, 9.17) is 32.5 Å². The molecule has 3 rings (SSSR count). The molecule has 0 saturated carbocycles. The van der Waals surface area contributed by atoms with Gasteiger partial charge in [-0.1, -0.05) is 116 Å². The predicted molar refractivity (Wildman–Crippen MR) is 258 cm³/mol. The van der Waals surface area contributed by atoms with Crippen molar-refractivity contribution in [3.8, 4) is 0 Å². The van der Waals surface area contributed by atoms with Crippen molar-refractivity contribution in [1.82, 2.24) is 5.32 Å². The van der Waals surface area contributed by atoms with Crippen LogP contribution in [0, 0.1) is 47.3 Å². The molecule has 374 valence electrons. The Morgan fingerprint density at radius 3 is 1.30 bits per heavy atom. The van der Waals surface area contributed by atoms with E-state index in [1.807, 2.05) is 102 Å². The van der Waals surface area contributed by atoms with Gasteiger partial charge in [-0.15, -0.1) is 0 Å². The summed E-state index contributed by atoms with van der Waals surface area (Å²) >= 11 is 0. The maximum atomic E-state index is 12.1. The van der Waals surface area contributed by atoms with Gasteiger partial charge in [0.15, 0.2) is 0 Å². The van der Waals surface area contributed by atoms with Gasteiger partial charge >= 0.3 is 29.8 Å². The number of carbonyl (C=O) groups is 7. The maximum Gasteiger partial charge on any atom is 0.313 e. The van der Waals surface area contributed by atoms with E-state index in [1.165, 1.54) is 5.56 Å². The number of amides is 2. The summed E-state index contributed by atoms with van der Waals surface area (Å²) in [6.07, 6.45) is 4.85. The molecule has 0 radical (unpaired) electrons. The number of carbonyl (C=O) groups excluding carboxylic acids is 4. The van der Waals surface area contributed by atoms with Gasteiger partial charge in [-0.2, -0.15) is 0 Å². The summed E-state index contributed by atoms with van der Waals surface area (Å²) in [5.74, 6) is -1.72. The highest BCUT2D eigenvalue weighted by Gasteiger charge is 2.27. The lowest BCUT2D eigenvalue weighted by atomic mass is 9.90. The van der Waals surface area contributed by atoms with Gasteiger partial charge in [0.25, 0.3) is 0 Å². The fraction of sp³-hybridized carbons (Fsp3) is 0.627. The van der Waals surface area contributed by atoms with Crippen LogP contribution < -0.4 is 22.5 Å². The van der Waals surface area contributed by atoms with Crippen molar-refractivity contribution in [2.75, 3.05) is 6.54 Å². The van der Waals surface area contributed by atoms with E-state index in [0.29, 0.717) is 43.1 Å². The summed E-state index contributed by atoms with van der Waals surface area (Å²) in [6, 6.07) is 19.9. The number of ether oxygens (including phenoxy) is 1. The van der Waals surface area contributed by atoms with Crippen LogP contribution in [-0.4, -0.2) is 63.5 Å². The van der Waals surface area contributed by atoms with Gasteiger partial charge in [0.2, 0.25) is 11.8 Å². The Morgan fingerprint density at radius 2 is 0.970 bits per heavy atom. The smallest absolute Gasteiger partial charge is 0.313 e. The van der Waals surface area contributed by atoms with E-state index >= 15 is 0 Å². The molecule has 15 nitrogen and oxygen atoms in total. The van der Waals surface area contributed by atoms with E-state index in [2.05, 4.69) is 37.7 Å². The molecule has 1 heterocycles. The van der Waals surface area contributed by atoms with E-state index in [9.17, 15) is 33.6 Å². The van der Waals surface area contributed by atoms with Crippen LogP contribution in [0.2, 0.25) is 0 Å². The van der Waals surface area contributed by atoms with Crippen molar-refractivity contribution in [3.05, 3.63) is 71.8 Å². The zero-order valence-corrected chi connectivity index (χ0v) is 41.4. The summed E-state index contributed by atoms with van der Waals surface area (Å²) in [6.45, 7) is 20.8. The number of nitrogens with two attached hydrogens (primary N) is 3. The molecule has 0 aromatic heterocycles. The van der Waals surface area contributed by atoms with Crippen LogP contribution in [0.15, 0.2) is 60.7 Å². The first-order valence-corrected chi connectivity index (χ1v) is 23.3. The second-order valence-electron chi connectivity index (χ2n) is 19.0. The highest BCUT2D eigenvalue weighted by molar-refractivity contribution is 5.88. The van der Waals surface area contributed by atoms with Crippen LogP contribution in [0.4, 0.5) is 0 Å². The molecule has 15 heteroatoms. The standard InChI is InChI=1S/C17H25NO3.C9H17NO3.C9H14O3.C8H17NO2.C8H11N/c1-12(2)9-14(11-17(20)21)10-16(19)18-13(3)15-7-5-4-6-8-15;1-6(2)3-7(4-8(10)11)5-9(12)13;1-6(2)3-7-4-8(10)12-9(11)5-7;1-6(2)3-7(5-9)4-8(10)11;1-7(9)8-5-3-2-4-6-8/h4-8,12-14H,9-11H2,1-3H3,(H,18,19)(H,20,21);6-7H,3-5H2,1-2H3,(H2,10,11)(H,12,13);6-7H,3-5H2,1-2H3;6-7H,3-5,9H2,1-2H3,(H,10,11);2-7H,9H2,1H3/t13-,14-;7-;;2*7-/m11.01/s1. The third kappa shape index (κ3) is 37.1. The molecule has 2 aromatic carbocycles. The molecular weight excluding hydrogens is 845 g/mol. The molecule has 1 aliphatic heterocycles. The van der Waals surface area contributed by atoms with Crippen molar-refractivity contribution in [2.45, 2.75) is 152 Å². The molecular formula is C51H84N4O11. The summed E-state index contributed by atoms with van der Waals surface area (Å²) < 4.78 is 4.42. The van der Waals surface area contributed by atoms with Crippen molar-refractivity contribution >= 4 is 41.7 Å². The minimum atomic E-state index is -0.869. The van der Waals surface area contributed by atoms with Crippen LogP contribution in [0.1, 0.15) is 163 Å². The quantitative estimate of drug-likeness (QED) is 0.0430. The fourth-order valence-corrected chi connectivity index (χ4v) is 7.50. The number of hydrogen-bond acceptors (Lipinski definition) is 10. The summed E-state index contributed by atoms with van der Waals surface area (Å²) in [5, 5.41) is 28.9. The molecule has 1 fully saturated rings. The number of carboxylic acids is 3. The lowest BCUT2D eigenvalue weighted by molar-refractivity contribution is -0.165. The van der Waals surface area contributed by atoms with Gasteiger partial charge in [-0.05, 0) is 105 Å². The zero-order valence-electron chi connectivity index (χ0n) is 41.4. The Bertz CT molecular complexity index is 1650. The number of cyclic esters (lactones) is 2. The van der Waals surface area contributed by atoms with Gasteiger partial charge in [-0.3, -0.25) is 33.6 Å². The Morgan fingerprint density at radius 1 is 0.591 bits per heavy atom. The molecule has 0 spiro atoms. The largest absolute Gasteiger partial charge is 0.481 e. The Kier molecular flexibility index (Phi) is 34.4. The number of aliphatic carboxylic acids is 3. The van der Waals surface area contributed by atoms with Gasteiger partial charge in [0, 0.05) is 51.0 Å². The summed E-state index contributed by atoms with van der Waals surface area (Å²) in [5.41, 5.74) is 18.3. The monoisotopic (exact) mass is 929 g/mol. The van der Waals surface area contributed by atoms with Gasteiger partial charge in [0.1, 0.15) is 0 Å². The number of rotatable bonds is 22. The van der Waals surface area contributed by atoms with Crippen LogP contribution in [-0.2, 0) is 38.3 Å². The molecule has 0 bridgehead atoms. The molecule has 5 atom stereocenters. The van der Waals surface area contributed by atoms with E-state index in [1.54, 1.807) is 0 Å². The van der Waals surface area contributed by atoms with Crippen LogP contribution in [0.25, 0.3) is 0 Å². The first kappa shape index (κ1) is 62.9. The third-order valence-electron chi connectivity index (χ3n) is 10.0. The summed E-state index contributed by atoms with van der Waals surface area (Å²) in [7, 11) is 0. The van der Waals surface area contributed by atoms with Crippen LogP contribution >= 0.6 is 0 Å². The van der Waals surface area contributed by atoms with Gasteiger partial charge in [-0.25, -0.2) is 0 Å². The molecule has 0 aliphatic carbocycles. The zero-order chi connectivity index (χ0) is 50.9. The first-order chi connectivity index (χ1) is 30.7. The number of esters is 2. The molecule has 2 aromatic rings. The number of nitrogens with one attached hydrogen (secondary N) is 1. The molecule has 10 N–H and O–H groups in total. The normalized spacial score (nSPS) is 14.5. The number of primary amides is 1. The molecule has 2 amide bonds.